The van der Waals surface area contributed by atoms with Crippen molar-refractivity contribution in [3.8, 4) is 0 Å². The van der Waals surface area contributed by atoms with E-state index in [1.807, 2.05) is 0 Å². The highest BCUT2D eigenvalue weighted by Gasteiger charge is 2.43. The van der Waals surface area contributed by atoms with Crippen LogP contribution in [-0.4, -0.2) is 44.8 Å². The number of nitrogens with zero attached hydrogens (tertiary/aromatic N) is 1. The number of hydrogen-bond donors (Lipinski definition) is 0. The Balaban J connectivity index is 1.72. The van der Waals surface area contributed by atoms with E-state index in [1.54, 1.807) is 18.5 Å². The van der Waals surface area contributed by atoms with Crippen molar-refractivity contribution in [3.63, 3.8) is 0 Å². The second-order valence-electron chi connectivity index (χ2n) is 5.42. The van der Waals surface area contributed by atoms with Gasteiger partial charge < -0.3 is 9.47 Å². The molecule has 1 aromatic heterocycles. The molecule has 2 fully saturated rings. The lowest BCUT2D eigenvalue weighted by molar-refractivity contribution is -0.181. The summed E-state index contributed by atoms with van der Waals surface area (Å²) in [6, 6.07) is 1.77. The van der Waals surface area contributed by atoms with Crippen LogP contribution in [0.4, 0.5) is 0 Å². The van der Waals surface area contributed by atoms with Crippen LogP contribution in [0.3, 0.4) is 0 Å². The first-order valence-corrected chi connectivity index (χ1v) is 10.0. The summed E-state index contributed by atoms with van der Waals surface area (Å²) < 4.78 is 39.2. The minimum Gasteiger partial charge on any atom is -0.348 e. The number of ether oxygens (including phenoxy) is 2. The Morgan fingerprint density at radius 1 is 1.33 bits per heavy atom. The van der Waals surface area contributed by atoms with Gasteiger partial charge in [0.15, 0.2) is 5.79 Å². The lowest BCUT2D eigenvalue weighted by Gasteiger charge is -2.38. The van der Waals surface area contributed by atoms with Gasteiger partial charge in [0.05, 0.1) is 13.2 Å². The monoisotopic (exact) mass is 395 g/mol. The van der Waals surface area contributed by atoms with Crippen LogP contribution in [0, 0.1) is 0 Å². The third-order valence-electron chi connectivity index (χ3n) is 4.24. The number of halogens is 1. The van der Waals surface area contributed by atoms with E-state index in [9.17, 15) is 8.42 Å². The zero-order valence-corrected chi connectivity index (χ0v) is 15.0. The molecule has 0 amide bonds. The molecule has 118 valence electrons. The third kappa shape index (κ3) is 2.94. The fourth-order valence-electron chi connectivity index (χ4n) is 2.98. The molecule has 2 aliphatic rings. The van der Waals surface area contributed by atoms with Gasteiger partial charge >= 0.3 is 0 Å². The molecule has 1 saturated carbocycles. The Morgan fingerprint density at radius 2 is 1.95 bits per heavy atom. The molecular formula is C13H18BrNO4S2. The second-order valence-corrected chi connectivity index (χ2v) is 9.38. The first kappa shape index (κ1) is 15.9. The summed E-state index contributed by atoms with van der Waals surface area (Å²) >= 11 is 4.55. The van der Waals surface area contributed by atoms with Crippen molar-refractivity contribution in [3.05, 3.63) is 15.9 Å². The van der Waals surface area contributed by atoms with Gasteiger partial charge in [-0.15, -0.1) is 11.3 Å². The highest BCUT2D eigenvalue weighted by molar-refractivity contribution is 9.10. The fraction of sp³-hybridized carbons (Fsp3) is 0.692. The van der Waals surface area contributed by atoms with Gasteiger partial charge in [-0.05, 0) is 40.2 Å². The fourth-order valence-corrected chi connectivity index (χ4v) is 6.88. The van der Waals surface area contributed by atoms with Gasteiger partial charge in [0.2, 0.25) is 0 Å². The maximum Gasteiger partial charge on any atom is 0.253 e. The molecule has 8 heteroatoms. The largest absolute Gasteiger partial charge is 0.348 e. The van der Waals surface area contributed by atoms with Gasteiger partial charge in [-0.1, -0.05) is 0 Å². The molecule has 1 aliphatic carbocycles. The molecule has 0 N–H and O–H groups in total. The molecule has 21 heavy (non-hydrogen) atoms. The van der Waals surface area contributed by atoms with Crippen molar-refractivity contribution in [2.45, 2.75) is 41.7 Å². The summed E-state index contributed by atoms with van der Waals surface area (Å²) in [5.41, 5.74) is 0. The Labute approximate surface area is 137 Å². The summed E-state index contributed by atoms with van der Waals surface area (Å²) in [6.45, 7) is 1.28. The molecule has 0 bridgehead atoms. The minimum atomic E-state index is -3.44. The number of hydrogen-bond acceptors (Lipinski definition) is 5. The molecule has 0 atom stereocenters. The quantitative estimate of drug-likeness (QED) is 0.789. The van der Waals surface area contributed by atoms with Crippen LogP contribution in [0.5, 0.6) is 0 Å². The average molecular weight is 396 g/mol. The van der Waals surface area contributed by atoms with E-state index in [-0.39, 0.29) is 6.04 Å². The lowest BCUT2D eigenvalue weighted by Crippen LogP contribution is -2.44. The van der Waals surface area contributed by atoms with Crippen molar-refractivity contribution in [2.75, 3.05) is 20.3 Å². The van der Waals surface area contributed by atoms with E-state index in [0.29, 0.717) is 21.9 Å². The van der Waals surface area contributed by atoms with Gasteiger partial charge in [0, 0.05) is 30.4 Å². The van der Waals surface area contributed by atoms with Crippen LogP contribution >= 0.6 is 27.3 Å². The van der Waals surface area contributed by atoms with E-state index >= 15 is 0 Å². The average Bonchev–Trinajstić information content (AvgIpc) is 3.09. The molecule has 1 aromatic rings. The predicted molar refractivity (Wildman–Crippen MR) is 83.9 cm³/mol. The smallest absolute Gasteiger partial charge is 0.253 e. The van der Waals surface area contributed by atoms with Crippen LogP contribution < -0.4 is 0 Å². The van der Waals surface area contributed by atoms with Gasteiger partial charge in [-0.3, -0.25) is 0 Å². The van der Waals surface area contributed by atoms with E-state index < -0.39 is 15.8 Å². The maximum absolute atomic E-state index is 12.7. The van der Waals surface area contributed by atoms with Gasteiger partial charge in [0.25, 0.3) is 10.0 Å². The predicted octanol–water partition coefficient (Wildman–Crippen LogP) is 2.82. The van der Waals surface area contributed by atoms with Crippen molar-refractivity contribution in [2.24, 2.45) is 0 Å². The highest BCUT2D eigenvalue weighted by Crippen LogP contribution is 2.39. The number of rotatable bonds is 3. The summed E-state index contributed by atoms with van der Waals surface area (Å²) in [4.78, 5) is 0. The van der Waals surface area contributed by atoms with E-state index in [4.69, 9.17) is 9.47 Å². The Morgan fingerprint density at radius 3 is 2.48 bits per heavy atom. The summed E-state index contributed by atoms with van der Waals surface area (Å²) in [5, 5.41) is 1.78. The van der Waals surface area contributed by atoms with Crippen LogP contribution in [0.2, 0.25) is 0 Å². The summed E-state index contributed by atoms with van der Waals surface area (Å²) in [7, 11) is -1.77. The van der Waals surface area contributed by atoms with Crippen LogP contribution in [0.15, 0.2) is 20.1 Å². The standard InChI is InChI=1S/C13H18BrNO4S2/c1-15(21(16,17)12-11(14)4-9-20-12)10-2-5-13(6-3-10)18-7-8-19-13/h4,9-10H,2-3,5-8H2,1H3. The molecule has 1 saturated heterocycles. The Bertz CT molecular complexity index is 599. The zero-order chi connectivity index (χ0) is 15.1. The van der Waals surface area contributed by atoms with Crippen LogP contribution in [0.25, 0.3) is 0 Å². The number of sulfonamides is 1. The molecule has 1 spiro atoms. The topological polar surface area (TPSA) is 55.8 Å². The molecule has 3 rings (SSSR count). The first-order valence-electron chi connectivity index (χ1n) is 6.94. The SMILES string of the molecule is CN(C1CCC2(CC1)OCCO2)S(=O)(=O)c1sccc1Br. The van der Waals surface area contributed by atoms with Crippen LogP contribution in [-0.2, 0) is 19.5 Å². The molecular weight excluding hydrogens is 378 g/mol. The Kier molecular flexibility index (Phi) is 4.46. The number of thiophene rings is 1. The molecule has 5 nitrogen and oxygen atoms in total. The van der Waals surface area contributed by atoms with E-state index in [2.05, 4.69) is 15.9 Å². The van der Waals surface area contributed by atoms with Crippen molar-refractivity contribution in [1.82, 2.24) is 4.31 Å². The normalized spacial score (nSPS) is 23.2. The third-order valence-corrected chi connectivity index (χ3v) is 8.80. The second kappa shape index (κ2) is 5.90. The lowest BCUT2D eigenvalue weighted by atomic mass is 9.90. The molecule has 2 heterocycles. The van der Waals surface area contributed by atoms with Crippen LogP contribution in [0.1, 0.15) is 25.7 Å². The summed E-state index contributed by atoms with van der Waals surface area (Å²) in [6.07, 6.45) is 3.03. The maximum atomic E-state index is 12.7. The first-order chi connectivity index (χ1) is 9.95. The van der Waals surface area contributed by atoms with Crippen molar-refractivity contribution >= 4 is 37.3 Å². The van der Waals surface area contributed by atoms with E-state index in [0.717, 1.165) is 25.7 Å². The minimum absolute atomic E-state index is 0.00225. The van der Waals surface area contributed by atoms with Crippen molar-refractivity contribution in [1.29, 1.82) is 0 Å². The highest BCUT2D eigenvalue weighted by atomic mass is 79.9. The van der Waals surface area contributed by atoms with E-state index in [1.165, 1.54) is 15.6 Å². The van der Waals surface area contributed by atoms with Gasteiger partial charge in [-0.2, -0.15) is 4.31 Å². The molecule has 0 radical (unpaired) electrons. The molecule has 0 aromatic carbocycles. The van der Waals surface area contributed by atoms with Gasteiger partial charge in [0.1, 0.15) is 4.21 Å². The summed E-state index contributed by atoms with van der Waals surface area (Å²) in [5.74, 6) is -0.454. The molecule has 1 aliphatic heterocycles. The molecule has 0 unspecified atom stereocenters. The van der Waals surface area contributed by atoms with Gasteiger partial charge in [-0.25, -0.2) is 8.42 Å². The van der Waals surface area contributed by atoms with Crippen molar-refractivity contribution < 1.29 is 17.9 Å². The zero-order valence-electron chi connectivity index (χ0n) is 11.7. The Hall–Kier alpha value is 0.01000.